The van der Waals surface area contributed by atoms with Crippen molar-refractivity contribution < 1.29 is 4.79 Å². The summed E-state index contributed by atoms with van der Waals surface area (Å²) in [5.74, 6) is 0.228. The molecule has 1 unspecified atom stereocenters. The SMILES string of the molecule is N#CC1Cc2ccccc2CN1C(=O)[C@@H](N)C1CCCCC1. The summed E-state index contributed by atoms with van der Waals surface area (Å²) in [6, 6.07) is 9.48. The van der Waals surface area contributed by atoms with E-state index in [1.165, 1.54) is 12.0 Å². The maximum atomic E-state index is 12.8. The van der Waals surface area contributed by atoms with Gasteiger partial charge in [-0.3, -0.25) is 4.79 Å². The Morgan fingerprint density at radius 3 is 2.59 bits per heavy atom. The van der Waals surface area contributed by atoms with Gasteiger partial charge < -0.3 is 10.6 Å². The molecule has 4 nitrogen and oxygen atoms in total. The number of hydrogen-bond acceptors (Lipinski definition) is 3. The molecule has 4 heteroatoms. The standard InChI is InChI=1S/C18H23N3O/c19-11-16-10-14-8-4-5-9-15(14)12-21(16)18(22)17(20)13-6-2-1-3-7-13/h4-5,8-9,13,16-17H,1-3,6-7,10,12,20H2/t16?,17-/m0/s1. The third-order valence-corrected chi connectivity index (χ3v) is 5.12. The first-order chi connectivity index (χ1) is 10.7. The van der Waals surface area contributed by atoms with Crippen LogP contribution in [-0.4, -0.2) is 22.9 Å². The van der Waals surface area contributed by atoms with E-state index in [4.69, 9.17) is 5.73 Å². The first kappa shape index (κ1) is 15.1. The molecule has 1 aliphatic carbocycles. The van der Waals surface area contributed by atoms with Gasteiger partial charge in [0.05, 0.1) is 12.1 Å². The molecule has 0 bridgehead atoms. The fourth-order valence-electron chi connectivity index (χ4n) is 3.76. The van der Waals surface area contributed by atoms with Crippen LogP contribution in [0.25, 0.3) is 0 Å². The van der Waals surface area contributed by atoms with E-state index in [-0.39, 0.29) is 11.8 Å². The maximum absolute atomic E-state index is 12.8. The van der Waals surface area contributed by atoms with E-state index in [1.807, 2.05) is 24.3 Å². The summed E-state index contributed by atoms with van der Waals surface area (Å²) < 4.78 is 0. The number of carbonyl (C=O) groups excluding carboxylic acids is 1. The van der Waals surface area contributed by atoms with Crippen LogP contribution in [0.15, 0.2) is 24.3 Å². The minimum atomic E-state index is -0.457. The first-order valence-corrected chi connectivity index (χ1v) is 8.23. The molecular weight excluding hydrogens is 274 g/mol. The Labute approximate surface area is 131 Å². The summed E-state index contributed by atoms with van der Waals surface area (Å²) in [6.07, 6.45) is 6.25. The van der Waals surface area contributed by atoms with Crippen molar-refractivity contribution in [2.24, 2.45) is 11.7 Å². The Balaban J connectivity index is 1.77. The van der Waals surface area contributed by atoms with Crippen LogP contribution in [0.5, 0.6) is 0 Å². The van der Waals surface area contributed by atoms with Gasteiger partial charge in [0.25, 0.3) is 0 Å². The van der Waals surface area contributed by atoms with Crippen molar-refractivity contribution in [2.45, 2.75) is 57.2 Å². The van der Waals surface area contributed by atoms with E-state index in [1.54, 1.807) is 4.90 Å². The third kappa shape index (κ3) is 2.86. The number of benzene rings is 1. The van der Waals surface area contributed by atoms with E-state index in [2.05, 4.69) is 6.07 Å². The summed E-state index contributed by atoms with van der Waals surface area (Å²) in [5.41, 5.74) is 8.57. The Bertz CT molecular complexity index is 586. The van der Waals surface area contributed by atoms with Crippen LogP contribution in [0.1, 0.15) is 43.2 Å². The first-order valence-electron chi connectivity index (χ1n) is 8.23. The second kappa shape index (κ2) is 6.50. The van der Waals surface area contributed by atoms with Crippen molar-refractivity contribution in [3.63, 3.8) is 0 Å². The average Bonchev–Trinajstić information content (AvgIpc) is 2.60. The molecule has 1 amide bonds. The Hall–Kier alpha value is -1.86. The number of nitrogens with zero attached hydrogens (tertiary/aromatic N) is 2. The summed E-state index contributed by atoms with van der Waals surface area (Å²) in [5, 5.41) is 9.44. The second-order valence-electron chi connectivity index (χ2n) is 6.51. The minimum absolute atomic E-state index is 0.0482. The second-order valence-corrected chi connectivity index (χ2v) is 6.51. The van der Waals surface area contributed by atoms with Gasteiger partial charge in [-0.2, -0.15) is 5.26 Å². The van der Waals surface area contributed by atoms with Crippen molar-refractivity contribution in [2.75, 3.05) is 0 Å². The topological polar surface area (TPSA) is 70.1 Å². The summed E-state index contributed by atoms with van der Waals surface area (Å²) >= 11 is 0. The zero-order valence-electron chi connectivity index (χ0n) is 12.9. The lowest BCUT2D eigenvalue weighted by molar-refractivity contribution is -0.136. The minimum Gasteiger partial charge on any atom is -0.321 e. The molecule has 0 radical (unpaired) electrons. The van der Waals surface area contributed by atoms with Gasteiger partial charge in [0, 0.05) is 13.0 Å². The van der Waals surface area contributed by atoms with E-state index < -0.39 is 12.1 Å². The number of hydrogen-bond donors (Lipinski definition) is 1. The van der Waals surface area contributed by atoms with E-state index in [9.17, 15) is 10.1 Å². The number of carbonyl (C=O) groups is 1. The fourth-order valence-corrected chi connectivity index (χ4v) is 3.76. The number of nitrogens with two attached hydrogens (primary N) is 1. The van der Waals surface area contributed by atoms with Crippen LogP contribution in [0, 0.1) is 17.2 Å². The molecule has 0 saturated heterocycles. The fraction of sp³-hybridized carbons (Fsp3) is 0.556. The van der Waals surface area contributed by atoms with Crippen LogP contribution in [0.4, 0.5) is 0 Å². The van der Waals surface area contributed by atoms with Crippen LogP contribution in [0.3, 0.4) is 0 Å². The molecule has 2 aliphatic rings. The average molecular weight is 297 g/mol. The van der Waals surface area contributed by atoms with Crippen molar-refractivity contribution in [1.29, 1.82) is 5.26 Å². The summed E-state index contributed by atoms with van der Waals surface area (Å²) in [4.78, 5) is 14.5. The largest absolute Gasteiger partial charge is 0.321 e. The van der Waals surface area contributed by atoms with Gasteiger partial charge in [0.2, 0.25) is 5.91 Å². The molecular formula is C18H23N3O. The van der Waals surface area contributed by atoms with Crippen molar-refractivity contribution in [3.8, 4) is 6.07 Å². The highest BCUT2D eigenvalue weighted by atomic mass is 16.2. The highest BCUT2D eigenvalue weighted by Gasteiger charge is 2.35. The van der Waals surface area contributed by atoms with Crippen molar-refractivity contribution in [1.82, 2.24) is 4.90 Å². The number of fused-ring (bicyclic) bond motifs is 1. The normalized spacial score (nSPS) is 23.5. The van der Waals surface area contributed by atoms with Gasteiger partial charge in [-0.05, 0) is 29.9 Å². The molecule has 0 spiro atoms. The van der Waals surface area contributed by atoms with Crippen molar-refractivity contribution in [3.05, 3.63) is 35.4 Å². The lowest BCUT2D eigenvalue weighted by Crippen LogP contribution is -2.53. The molecule has 116 valence electrons. The van der Waals surface area contributed by atoms with Gasteiger partial charge in [-0.25, -0.2) is 0 Å². The monoisotopic (exact) mass is 297 g/mol. The third-order valence-electron chi connectivity index (χ3n) is 5.12. The maximum Gasteiger partial charge on any atom is 0.241 e. The van der Waals surface area contributed by atoms with Crippen LogP contribution in [-0.2, 0) is 17.8 Å². The molecule has 2 atom stereocenters. The quantitative estimate of drug-likeness (QED) is 0.911. The summed E-state index contributed by atoms with van der Waals surface area (Å²) in [7, 11) is 0. The van der Waals surface area contributed by atoms with Crippen molar-refractivity contribution >= 4 is 5.91 Å². The lowest BCUT2D eigenvalue weighted by Gasteiger charge is -2.37. The van der Waals surface area contributed by atoms with Crippen LogP contribution >= 0.6 is 0 Å². The molecule has 2 N–H and O–H groups in total. The van der Waals surface area contributed by atoms with E-state index >= 15 is 0 Å². The molecule has 1 saturated carbocycles. The van der Waals surface area contributed by atoms with Gasteiger partial charge >= 0.3 is 0 Å². The van der Waals surface area contributed by atoms with E-state index in [0.29, 0.717) is 13.0 Å². The van der Waals surface area contributed by atoms with Crippen LogP contribution in [0.2, 0.25) is 0 Å². The van der Waals surface area contributed by atoms with Gasteiger partial charge in [0.15, 0.2) is 0 Å². The molecule has 0 aromatic heterocycles. The predicted octanol–water partition coefficient (Wildman–Crippen LogP) is 2.37. The number of amides is 1. The lowest BCUT2D eigenvalue weighted by atomic mass is 9.83. The zero-order chi connectivity index (χ0) is 15.5. The van der Waals surface area contributed by atoms with Gasteiger partial charge in [-0.15, -0.1) is 0 Å². The van der Waals surface area contributed by atoms with E-state index in [0.717, 1.165) is 31.2 Å². The van der Waals surface area contributed by atoms with Crippen LogP contribution < -0.4 is 5.73 Å². The Morgan fingerprint density at radius 2 is 1.91 bits per heavy atom. The Kier molecular flexibility index (Phi) is 4.44. The smallest absolute Gasteiger partial charge is 0.241 e. The highest BCUT2D eigenvalue weighted by Crippen LogP contribution is 2.29. The molecule has 1 aromatic rings. The van der Waals surface area contributed by atoms with Gasteiger partial charge in [0.1, 0.15) is 6.04 Å². The summed E-state index contributed by atoms with van der Waals surface area (Å²) in [6.45, 7) is 0.508. The molecule has 1 aromatic carbocycles. The van der Waals surface area contributed by atoms with Gasteiger partial charge in [-0.1, -0.05) is 43.5 Å². The molecule has 1 aliphatic heterocycles. The highest BCUT2D eigenvalue weighted by molar-refractivity contribution is 5.83. The zero-order valence-corrected chi connectivity index (χ0v) is 12.9. The number of nitriles is 1. The Morgan fingerprint density at radius 1 is 1.23 bits per heavy atom. The molecule has 3 rings (SSSR count). The predicted molar refractivity (Wildman–Crippen MR) is 84.6 cm³/mol. The molecule has 1 fully saturated rings. The molecule has 1 heterocycles. The molecule has 22 heavy (non-hydrogen) atoms. The number of rotatable bonds is 2.